The molecule has 1 aromatic rings. The van der Waals surface area contributed by atoms with E-state index in [-0.39, 0.29) is 12.5 Å². The van der Waals surface area contributed by atoms with Crippen LogP contribution in [0, 0.1) is 6.92 Å². The van der Waals surface area contributed by atoms with Crippen LogP contribution in [-0.4, -0.2) is 55.0 Å². The Balaban J connectivity index is 1.80. The van der Waals surface area contributed by atoms with Gasteiger partial charge in [-0.15, -0.1) is 6.58 Å². The molecule has 2 rings (SSSR count). The van der Waals surface area contributed by atoms with Gasteiger partial charge in [-0.3, -0.25) is 9.69 Å². The van der Waals surface area contributed by atoms with E-state index in [0.717, 1.165) is 44.9 Å². The van der Waals surface area contributed by atoms with Gasteiger partial charge in [0.15, 0.2) is 6.61 Å². The molecule has 0 aliphatic carbocycles. The highest BCUT2D eigenvalue weighted by atomic mass is 16.5. The van der Waals surface area contributed by atoms with E-state index < -0.39 is 0 Å². The molecule has 0 spiro atoms. The van der Waals surface area contributed by atoms with E-state index in [0.29, 0.717) is 0 Å². The maximum Gasteiger partial charge on any atom is 0.260 e. The van der Waals surface area contributed by atoms with Gasteiger partial charge >= 0.3 is 0 Å². The molecule has 1 aliphatic rings. The summed E-state index contributed by atoms with van der Waals surface area (Å²) in [6.07, 6.45) is 2.92. The van der Waals surface area contributed by atoms with Gasteiger partial charge in [-0.25, -0.2) is 0 Å². The number of carbonyl (C=O) groups excluding carboxylic acids is 1. The predicted molar refractivity (Wildman–Crippen MR) is 84.5 cm³/mol. The first kappa shape index (κ1) is 15.6. The number of ether oxygens (including phenoxy) is 1. The molecule has 0 unspecified atom stereocenters. The van der Waals surface area contributed by atoms with Gasteiger partial charge in [0.05, 0.1) is 0 Å². The van der Waals surface area contributed by atoms with E-state index in [1.165, 1.54) is 5.56 Å². The third-order valence-corrected chi connectivity index (χ3v) is 3.71. The van der Waals surface area contributed by atoms with E-state index in [4.69, 9.17) is 4.74 Å². The van der Waals surface area contributed by atoms with Crippen molar-refractivity contribution in [2.75, 3.05) is 39.3 Å². The molecule has 0 saturated carbocycles. The van der Waals surface area contributed by atoms with Gasteiger partial charge < -0.3 is 9.64 Å². The van der Waals surface area contributed by atoms with Crippen molar-refractivity contribution in [2.45, 2.75) is 13.3 Å². The van der Waals surface area contributed by atoms with Crippen molar-refractivity contribution in [3.05, 3.63) is 42.5 Å². The molecule has 1 heterocycles. The molecule has 0 atom stereocenters. The summed E-state index contributed by atoms with van der Waals surface area (Å²) in [7, 11) is 0. The Kier molecular flexibility index (Phi) is 5.81. The molecule has 4 nitrogen and oxygen atoms in total. The van der Waals surface area contributed by atoms with Crippen molar-refractivity contribution in [1.29, 1.82) is 0 Å². The normalized spacial score (nSPS) is 16.3. The second kappa shape index (κ2) is 7.84. The number of carbonyl (C=O) groups is 1. The zero-order valence-corrected chi connectivity index (χ0v) is 12.8. The van der Waals surface area contributed by atoms with Crippen LogP contribution in [0.1, 0.15) is 12.0 Å². The lowest BCUT2D eigenvalue weighted by Gasteiger charge is -2.21. The van der Waals surface area contributed by atoms with Crippen LogP contribution in [0.2, 0.25) is 0 Å². The van der Waals surface area contributed by atoms with E-state index in [1.54, 1.807) is 0 Å². The highest BCUT2D eigenvalue weighted by Crippen LogP contribution is 2.12. The van der Waals surface area contributed by atoms with Gasteiger partial charge in [-0.1, -0.05) is 23.8 Å². The van der Waals surface area contributed by atoms with Gasteiger partial charge in [-0.05, 0) is 25.5 Å². The van der Waals surface area contributed by atoms with Crippen LogP contribution < -0.4 is 4.74 Å². The smallest absolute Gasteiger partial charge is 0.260 e. The molecule has 0 N–H and O–H groups in total. The Bertz CT molecular complexity index is 470. The fraction of sp³-hybridized carbons (Fsp3) is 0.471. The molecule has 0 radical (unpaired) electrons. The summed E-state index contributed by atoms with van der Waals surface area (Å²) in [5, 5.41) is 0. The minimum absolute atomic E-state index is 0.0658. The number of benzene rings is 1. The van der Waals surface area contributed by atoms with Crippen LogP contribution in [0.15, 0.2) is 36.9 Å². The summed E-state index contributed by atoms with van der Waals surface area (Å²) >= 11 is 0. The summed E-state index contributed by atoms with van der Waals surface area (Å²) in [5.74, 6) is 0.813. The standard InChI is InChI=1S/C17H24N2O2/c1-3-9-18-10-4-11-19(13-12-18)17(20)14-21-16-7-5-15(2)6-8-16/h3,5-8H,1,4,9-14H2,2H3. The number of rotatable bonds is 5. The Labute approximate surface area is 127 Å². The van der Waals surface area contributed by atoms with Gasteiger partial charge in [0.2, 0.25) is 0 Å². The van der Waals surface area contributed by atoms with Crippen LogP contribution in [0.3, 0.4) is 0 Å². The Hall–Kier alpha value is -1.81. The fourth-order valence-corrected chi connectivity index (χ4v) is 2.46. The lowest BCUT2D eigenvalue weighted by molar-refractivity contribution is -0.133. The molecule has 21 heavy (non-hydrogen) atoms. The number of nitrogens with zero attached hydrogens (tertiary/aromatic N) is 2. The number of hydrogen-bond acceptors (Lipinski definition) is 3. The first-order chi connectivity index (χ1) is 10.2. The van der Waals surface area contributed by atoms with Crippen molar-refractivity contribution >= 4 is 5.91 Å². The van der Waals surface area contributed by atoms with Crippen molar-refractivity contribution < 1.29 is 9.53 Å². The highest BCUT2D eigenvalue weighted by molar-refractivity contribution is 5.77. The monoisotopic (exact) mass is 288 g/mol. The van der Waals surface area contributed by atoms with Gasteiger partial charge in [0, 0.05) is 32.7 Å². The number of amides is 1. The van der Waals surface area contributed by atoms with Crippen LogP contribution in [0.5, 0.6) is 5.75 Å². The summed E-state index contributed by atoms with van der Waals surface area (Å²) in [6, 6.07) is 7.77. The minimum atomic E-state index is 0.0658. The quantitative estimate of drug-likeness (QED) is 0.778. The van der Waals surface area contributed by atoms with Crippen molar-refractivity contribution in [3.63, 3.8) is 0 Å². The summed E-state index contributed by atoms with van der Waals surface area (Å²) in [6.45, 7) is 10.3. The maximum atomic E-state index is 12.2. The highest BCUT2D eigenvalue weighted by Gasteiger charge is 2.18. The average molecular weight is 288 g/mol. The van der Waals surface area contributed by atoms with Crippen LogP contribution in [0.4, 0.5) is 0 Å². The minimum Gasteiger partial charge on any atom is -0.484 e. The summed E-state index contributed by atoms with van der Waals surface area (Å²) in [4.78, 5) is 16.4. The molecule has 1 aliphatic heterocycles. The predicted octanol–water partition coefficient (Wildman–Crippen LogP) is 2.09. The first-order valence-corrected chi connectivity index (χ1v) is 7.49. The Morgan fingerprint density at radius 3 is 2.71 bits per heavy atom. The average Bonchev–Trinajstić information content (AvgIpc) is 2.72. The molecule has 1 saturated heterocycles. The van der Waals surface area contributed by atoms with Crippen molar-refractivity contribution in [3.8, 4) is 5.75 Å². The molecule has 0 aromatic heterocycles. The largest absolute Gasteiger partial charge is 0.484 e. The molecule has 4 heteroatoms. The molecule has 0 bridgehead atoms. The summed E-state index contributed by atoms with van der Waals surface area (Å²) in [5.41, 5.74) is 1.18. The molecule has 1 aromatic carbocycles. The van der Waals surface area contributed by atoms with E-state index in [9.17, 15) is 4.79 Å². The molecule has 1 fully saturated rings. The zero-order valence-electron chi connectivity index (χ0n) is 12.8. The zero-order chi connectivity index (χ0) is 15.1. The third-order valence-electron chi connectivity index (χ3n) is 3.71. The van der Waals surface area contributed by atoms with E-state index in [1.807, 2.05) is 42.2 Å². The second-order valence-electron chi connectivity index (χ2n) is 5.43. The van der Waals surface area contributed by atoms with Gasteiger partial charge in [0.25, 0.3) is 5.91 Å². The van der Waals surface area contributed by atoms with Crippen LogP contribution in [-0.2, 0) is 4.79 Å². The van der Waals surface area contributed by atoms with Crippen LogP contribution >= 0.6 is 0 Å². The molecule has 114 valence electrons. The van der Waals surface area contributed by atoms with Gasteiger partial charge in [-0.2, -0.15) is 0 Å². The second-order valence-corrected chi connectivity index (χ2v) is 5.43. The first-order valence-electron chi connectivity index (χ1n) is 7.49. The van der Waals surface area contributed by atoms with E-state index in [2.05, 4.69) is 11.5 Å². The van der Waals surface area contributed by atoms with Crippen molar-refractivity contribution in [1.82, 2.24) is 9.80 Å². The van der Waals surface area contributed by atoms with Gasteiger partial charge in [0.1, 0.15) is 5.75 Å². The fourth-order valence-electron chi connectivity index (χ4n) is 2.46. The maximum absolute atomic E-state index is 12.2. The van der Waals surface area contributed by atoms with Crippen LogP contribution in [0.25, 0.3) is 0 Å². The Morgan fingerprint density at radius 1 is 1.24 bits per heavy atom. The molecule has 1 amide bonds. The van der Waals surface area contributed by atoms with E-state index >= 15 is 0 Å². The Morgan fingerprint density at radius 2 is 2.00 bits per heavy atom. The number of aryl methyl sites for hydroxylation is 1. The topological polar surface area (TPSA) is 32.8 Å². The lowest BCUT2D eigenvalue weighted by Crippen LogP contribution is -2.38. The third kappa shape index (κ3) is 4.90. The SMILES string of the molecule is C=CCN1CCCN(C(=O)COc2ccc(C)cc2)CC1. The molecular formula is C17H24N2O2. The number of hydrogen-bond donors (Lipinski definition) is 0. The molecular weight excluding hydrogens is 264 g/mol. The lowest BCUT2D eigenvalue weighted by atomic mass is 10.2. The summed E-state index contributed by atoms with van der Waals surface area (Å²) < 4.78 is 5.57. The van der Waals surface area contributed by atoms with Crippen molar-refractivity contribution in [2.24, 2.45) is 0 Å².